The second kappa shape index (κ2) is 8.35. The van der Waals surface area contributed by atoms with Crippen molar-refractivity contribution in [1.82, 2.24) is 14.8 Å². The number of carbonyl (C=O) groups is 1. The van der Waals surface area contributed by atoms with Gasteiger partial charge in [-0.1, -0.05) is 43.8 Å². The molecule has 0 unspecified atom stereocenters. The van der Waals surface area contributed by atoms with Gasteiger partial charge in [0.2, 0.25) is 5.91 Å². The molecule has 140 valence electrons. The van der Waals surface area contributed by atoms with Gasteiger partial charge in [0, 0.05) is 5.69 Å². The van der Waals surface area contributed by atoms with Gasteiger partial charge in [-0.05, 0) is 48.2 Å². The highest BCUT2D eigenvalue weighted by Gasteiger charge is 2.12. The Kier molecular flexibility index (Phi) is 5.91. The van der Waals surface area contributed by atoms with Crippen molar-refractivity contribution in [1.29, 1.82) is 0 Å². The van der Waals surface area contributed by atoms with E-state index in [1.165, 1.54) is 23.4 Å². The molecule has 3 aromatic rings. The summed E-state index contributed by atoms with van der Waals surface area (Å²) in [6.45, 7) is 6.08. The molecule has 5 nitrogen and oxygen atoms in total. The fraction of sp³-hybridized carbons (Fsp3) is 0.250. The monoisotopic (exact) mass is 384 g/mol. The van der Waals surface area contributed by atoms with Crippen molar-refractivity contribution in [3.8, 4) is 5.69 Å². The molecule has 0 atom stereocenters. The maximum absolute atomic E-state index is 13.9. The summed E-state index contributed by atoms with van der Waals surface area (Å²) in [6.07, 6.45) is 1.62. The maximum Gasteiger partial charge on any atom is 0.234 e. The summed E-state index contributed by atoms with van der Waals surface area (Å²) in [7, 11) is 0. The zero-order valence-electron chi connectivity index (χ0n) is 15.4. The number of benzene rings is 2. The highest BCUT2D eigenvalue weighted by Crippen LogP contribution is 2.22. The number of halogens is 1. The summed E-state index contributed by atoms with van der Waals surface area (Å²) in [6, 6.07) is 12.9. The van der Waals surface area contributed by atoms with E-state index in [0.717, 1.165) is 11.3 Å². The lowest BCUT2D eigenvalue weighted by Gasteiger charge is -2.10. The van der Waals surface area contributed by atoms with Crippen molar-refractivity contribution in [3.05, 3.63) is 65.7 Å². The molecule has 1 amide bonds. The van der Waals surface area contributed by atoms with Crippen LogP contribution in [0.1, 0.15) is 30.9 Å². The van der Waals surface area contributed by atoms with Crippen LogP contribution >= 0.6 is 11.8 Å². The van der Waals surface area contributed by atoms with Gasteiger partial charge in [0.25, 0.3) is 0 Å². The van der Waals surface area contributed by atoms with Gasteiger partial charge in [0.1, 0.15) is 12.1 Å². The van der Waals surface area contributed by atoms with Gasteiger partial charge < -0.3 is 5.32 Å². The zero-order chi connectivity index (χ0) is 19.4. The Balaban J connectivity index is 1.65. The number of thioether (sulfide) groups is 1. The smallest absolute Gasteiger partial charge is 0.234 e. The molecular weight excluding hydrogens is 363 g/mol. The van der Waals surface area contributed by atoms with Crippen LogP contribution in [0.5, 0.6) is 0 Å². The van der Waals surface area contributed by atoms with Crippen molar-refractivity contribution in [2.24, 2.45) is 0 Å². The molecule has 27 heavy (non-hydrogen) atoms. The number of rotatable bonds is 6. The first-order valence-corrected chi connectivity index (χ1v) is 9.62. The Morgan fingerprint density at radius 1 is 1.22 bits per heavy atom. The molecule has 0 aliphatic rings. The number of nitrogens with one attached hydrogen (secondary N) is 1. The first kappa shape index (κ1) is 19.1. The average Bonchev–Trinajstić information content (AvgIpc) is 3.11. The quantitative estimate of drug-likeness (QED) is 0.633. The number of hydrogen-bond donors (Lipinski definition) is 1. The van der Waals surface area contributed by atoms with Crippen LogP contribution in [0.15, 0.2) is 53.9 Å². The van der Waals surface area contributed by atoms with Gasteiger partial charge in [-0.3, -0.25) is 9.36 Å². The third-order valence-corrected chi connectivity index (χ3v) is 5.03. The number of anilines is 1. The summed E-state index contributed by atoms with van der Waals surface area (Å²) in [4.78, 5) is 12.2. The van der Waals surface area contributed by atoms with Crippen molar-refractivity contribution < 1.29 is 9.18 Å². The number of nitrogens with zero attached hydrogens (tertiary/aromatic N) is 3. The van der Waals surface area contributed by atoms with E-state index in [1.807, 2.05) is 16.7 Å². The Bertz CT molecular complexity index is 937. The van der Waals surface area contributed by atoms with Gasteiger partial charge in [-0.25, -0.2) is 4.39 Å². The van der Waals surface area contributed by atoms with Crippen molar-refractivity contribution in [3.63, 3.8) is 0 Å². The van der Waals surface area contributed by atoms with Gasteiger partial charge in [0.05, 0.1) is 11.4 Å². The van der Waals surface area contributed by atoms with Gasteiger partial charge in [0.15, 0.2) is 5.16 Å². The van der Waals surface area contributed by atoms with E-state index in [4.69, 9.17) is 0 Å². The van der Waals surface area contributed by atoms with E-state index in [-0.39, 0.29) is 17.3 Å². The lowest BCUT2D eigenvalue weighted by molar-refractivity contribution is -0.113. The topological polar surface area (TPSA) is 59.8 Å². The largest absolute Gasteiger partial charge is 0.323 e. The van der Waals surface area contributed by atoms with Crippen LogP contribution in [0.3, 0.4) is 0 Å². The number of hydrogen-bond acceptors (Lipinski definition) is 4. The molecule has 1 aromatic heterocycles. The fourth-order valence-corrected chi connectivity index (χ4v) is 3.29. The maximum atomic E-state index is 13.9. The van der Waals surface area contributed by atoms with Crippen LogP contribution in [0, 0.1) is 12.7 Å². The lowest BCUT2D eigenvalue weighted by atomic mass is 10.0. The van der Waals surface area contributed by atoms with Crippen LogP contribution in [0.4, 0.5) is 10.1 Å². The van der Waals surface area contributed by atoms with E-state index in [9.17, 15) is 9.18 Å². The minimum Gasteiger partial charge on any atom is -0.323 e. The van der Waals surface area contributed by atoms with E-state index in [1.54, 1.807) is 25.4 Å². The SMILES string of the molecule is Cc1ccc(NC(=O)CSc2nncn2-c2ccc(C(C)C)cc2)c(F)c1. The number of aromatic nitrogens is 3. The molecule has 0 radical (unpaired) electrons. The minimum atomic E-state index is -0.443. The molecule has 2 aromatic carbocycles. The fourth-order valence-electron chi connectivity index (χ4n) is 2.56. The second-order valence-electron chi connectivity index (χ2n) is 6.55. The first-order valence-electron chi connectivity index (χ1n) is 8.63. The van der Waals surface area contributed by atoms with Crippen molar-refractivity contribution in [2.45, 2.75) is 31.8 Å². The zero-order valence-corrected chi connectivity index (χ0v) is 16.3. The first-order chi connectivity index (χ1) is 12.9. The van der Waals surface area contributed by atoms with Crippen LogP contribution in [-0.4, -0.2) is 26.4 Å². The third-order valence-electron chi connectivity index (χ3n) is 4.09. The highest BCUT2D eigenvalue weighted by molar-refractivity contribution is 7.99. The van der Waals surface area contributed by atoms with Gasteiger partial charge in [-0.15, -0.1) is 10.2 Å². The average molecular weight is 384 g/mol. The molecule has 0 aliphatic carbocycles. The number of carbonyl (C=O) groups excluding carboxylic acids is 1. The second-order valence-corrected chi connectivity index (χ2v) is 7.49. The Labute approximate surface area is 162 Å². The van der Waals surface area contributed by atoms with Crippen molar-refractivity contribution in [2.75, 3.05) is 11.1 Å². The van der Waals surface area contributed by atoms with Gasteiger partial charge >= 0.3 is 0 Å². The Morgan fingerprint density at radius 2 is 1.96 bits per heavy atom. The van der Waals surface area contributed by atoms with Crippen LogP contribution in [-0.2, 0) is 4.79 Å². The van der Waals surface area contributed by atoms with E-state index < -0.39 is 5.82 Å². The summed E-state index contributed by atoms with van der Waals surface area (Å²) in [5.41, 5.74) is 3.16. The summed E-state index contributed by atoms with van der Waals surface area (Å²) < 4.78 is 15.7. The van der Waals surface area contributed by atoms with E-state index in [0.29, 0.717) is 11.1 Å². The molecule has 1 heterocycles. The predicted molar refractivity (Wildman–Crippen MR) is 106 cm³/mol. The number of aryl methyl sites for hydroxylation is 1. The van der Waals surface area contributed by atoms with Crippen LogP contribution < -0.4 is 5.32 Å². The molecule has 0 aliphatic heterocycles. The molecule has 0 spiro atoms. The summed E-state index contributed by atoms with van der Waals surface area (Å²) in [5.74, 6) is -0.176. The summed E-state index contributed by atoms with van der Waals surface area (Å²) >= 11 is 1.25. The van der Waals surface area contributed by atoms with Gasteiger partial charge in [-0.2, -0.15) is 0 Å². The predicted octanol–water partition coefficient (Wildman–Crippen LogP) is 4.57. The lowest BCUT2D eigenvalue weighted by Crippen LogP contribution is -2.15. The number of amides is 1. The Morgan fingerprint density at radius 3 is 2.63 bits per heavy atom. The standard InChI is InChI=1S/C20H21FN4OS/c1-13(2)15-5-7-16(8-6-15)25-12-22-24-20(25)27-11-19(26)23-18-9-4-14(3)10-17(18)21/h4-10,12-13H,11H2,1-3H3,(H,23,26). The molecule has 3 rings (SSSR count). The molecule has 0 bridgehead atoms. The molecule has 0 saturated heterocycles. The minimum absolute atomic E-state index is 0.107. The molecule has 0 saturated carbocycles. The molecule has 7 heteroatoms. The van der Waals surface area contributed by atoms with Crippen molar-refractivity contribution >= 4 is 23.4 Å². The third kappa shape index (κ3) is 4.74. The van der Waals surface area contributed by atoms with E-state index >= 15 is 0 Å². The Hall–Kier alpha value is -2.67. The highest BCUT2D eigenvalue weighted by atomic mass is 32.2. The van der Waals surface area contributed by atoms with Crippen LogP contribution in [0.2, 0.25) is 0 Å². The molecule has 1 N–H and O–H groups in total. The van der Waals surface area contributed by atoms with Crippen LogP contribution in [0.25, 0.3) is 5.69 Å². The summed E-state index contributed by atoms with van der Waals surface area (Å²) in [5, 5.41) is 11.2. The normalized spacial score (nSPS) is 11.0. The molecule has 0 fully saturated rings. The van der Waals surface area contributed by atoms with E-state index in [2.05, 4.69) is 41.5 Å². The molecular formula is C20H21FN4OS.